The highest BCUT2D eigenvalue weighted by Crippen LogP contribution is 2.26. The number of nitrogens with zero attached hydrogens (tertiary/aromatic N) is 4. The third-order valence-corrected chi connectivity index (χ3v) is 5.43. The fraction of sp³-hybridized carbons (Fsp3) is 0.348. The molecule has 30 heavy (non-hydrogen) atoms. The number of anilines is 2. The van der Waals surface area contributed by atoms with Crippen molar-refractivity contribution in [3.8, 4) is 0 Å². The van der Waals surface area contributed by atoms with Gasteiger partial charge in [-0.25, -0.2) is 9.48 Å². The molecule has 2 aromatic carbocycles. The quantitative estimate of drug-likeness (QED) is 0.684. The summed E-state index contributed by atoms with van der Waals surface area (Å²) in [6.07, 6.45) is 3.91. The van der Waals surface area contributed by atoms with Crippen molar-refractivity contribution in [1.29, 1.82) is 0 Å². The average Bonchev–Trinajstić information content (AvgIpc) is 2.91. The molecule has 1 aromatic heterocycles. The van der Waals surface area contributed by atoms with Gasteiger partial charge in [0.15, 0.2) is 0 Å². The molecule has 156 valence electrons. The van der Waals surface area contributed by atoms with Crippen molar-refractivity contribution in [2.75, 3.05) is 17.3 Å². The molecule has 7 nitrogen and oxygen atoms in total. The highest BCUT2D eigenvalue weighted by molar-refractivity contribution is 5.94. The lowest BCUT2D eigenvalue weighted by Gasteiger charge is -2.22. The summed E-state index contributed by atoms with van der Waals surface area (Å²) in [6, 6.07) is 17.9. The fourth-order valence-electron chi connectivity index (χ4n) is 3.91. The summed E-state index contributed by atoms with van der Waals surface area (Å²) in [4.78, 5) is 27.4. The molecule has 3 aromatic rings. The number of aromatic nitrogens is 3. The molecule has 0 fully saturated rings. The zero-order valence-corrected chi connectivity index (χ0v) is 17.3. The number of benzene rings is 2. The minimum Gasteiger partial charge on any atom is -0.369 e. The molecule has 1 aliphatic rings. The minimum absolute atomic E-state index is 0.0877. The summed E-state index contributed by atoms with van der Waals surface area (Å²) < 4.78 is 2.99. The van der Waals surface area contributed by atoms with Crippen molar-refractivity contribution >= 4 is 17.3 Å². The van der Waals surface area contributed by atoms with Gasteiger partial charge in [-0.05, 0) is 30.5 Å². The largest absolute Gasteiger partial charge is 0.369 e. The second-order valence-electron chi connectivity index (χ2n) is 7.73. The molecule has 1 N–H and O–H groups in total. The van der Waals surface area contributed by atoms with Gasteiger partial charge in [0.2, 0.25) is 5.91 Å². The first kappa shape index (κ1) is 19.9. The third kappa shape index (κ3) is 4.45. The van der Waals surface area contributed by atoms with Gasteiger partial charge in [-0.15, -0.1) is 0 Å². The Balaban J connectivity index is 1.47. The van der Waals surface area contributed by atoms with Crippen LogP contribution in [0.15, 0.2) is 59.4 Å². The molecule has 0 atom stereocenters. The third-order valence-electron chi connectivity index (χ3n) is 5.43. The Hall–Kier alpha value is -3.35. The molecule has 4 rings (SSSR count). The number of carbonyl (C=O) groups is 1. The number of hydrogen-bond acceptors (Lipinski definition) is 4. The highest BCUT2D eigenvalue weighted by atomic mass is 16.2. The molecule has 0 saturated carbocycles. The van der Waals surface area contributed by atoms with Crippen LogP contribution in [0.2, 0.25) is 0 Å². The van der Waals surface area contributed by atoms with E-state index in [1.54, 1.807) is 4.57 Å². The van der Waals surface area contributed by atoms with Gasteiger partial charge in [-0.1, -0.05) is 48.9 Å². The highest BCUT2D eigenvalue weighted by Gasteiger charge is 2.18. The Labute approximate surface area is 175 Å². The van der Waals surface area contributed by atoms with Crippen LogP contribution >= 0.6 is 0 Å². The lowest BCUT2D eigenvalue weighted by molar-refractivity contribution is -0.117. The number of carbonyl (C=O) groups excluding carboxylic acids is 1. The number of para-hydroxylation sites is 2. The number of fused-ring (bicyclic) bond motifs is 1. The van der Waals surface area contributed by atoms with Crippen LogP contribution in [0.1, 0.15) is 30.7 Å². The van der Waals surface area contributed by atoms with E-state index in [0.717, 1.165) is 49.4 Å². The van der Waals surface area contributed by atoms with Crippen molar-refractivity contribution in [3.63, 3.8) is 0 Å². The Morgan fingerprint density at radius 3 is 2.67 bits per heavy atom. The van der Waals surface area contributed by atoms with Gasteiger partial charge in [0.1, 0.15) is 12.4 Å². The Morgan fingerprint density at radius 2 is 1.83 bits per heavy atom. The molecule has 0 unspecified atom stereocenters. The smallest absolute Gasteiger partial charge is 0.346 e. The maximum Gasteiger partial charge on any atom is 0.346 e. The van der Waals surface area contributed by atoms with E-state index in [1.807, 2.05) is 49.5 Å². The van der Waals surface area contributed by atoms with Gasteiger partial charge < -0.3 is 10.2 Å². The van der Waals surface area contributed by atoms with Gasteiger partial charge >= 0.3 is 5.69 Å². The van der Waals surface area contributed by atoms with Crippen LogP contribution in [0.3, 0.4) is 0 Å². The molecule has 1 amide bonds. The van der Waals surface area contributed by atoms with Crippen molar-refractivity contribution in [3.05, 3.63) is 76.5 Å². The summed E-state index contributed by atoms with van der Waals surface area (Å²) in [7, 11) is 1.99. The van der Waals surface area contributed by atoms with Crippen molar-refractivity contribution in [2.24, 2.45) is 0 Å². The molecule has 7 heteroatoms. The predicted molar refractivity (Wildman–Crippen MR) is 118 cm³/mol. The van der Waals surface area contributed by atoms with E-state index >= 15 is 0 Å². The van der Waals surface area contributed by atoms with Gasteiger partial charge in [-0.2, -0.15) is 5.10 Å². The second kappa shape index (κ2) is 8.98. The van der Waals surface area contributed by atoms with E-state index in [-0.39, 0.29) is 18.1 Å². The summed E-state index contributed by atoms with van der Waals surface area (Å²) in [5.41, 5.74) is 2.63. The topological polar surface area (TPSA) is 72.2 Å². The molecular formula is C23H27N5O2. The number of rotatable bonds is 6. The van der Waals surface area contributed by atoms with Gasteiger partial charge in [0, 0.05) is 26.6 Å². The Morgan fingerprint density at radius 1 is 1.07 bits per heavy atom. The minimum atomic E-state index is -0.258. The van der Waals surface area contributed by atoms with Crippen molar-refractivity contribution < 1.29 is 4.79 Å². The molecule has 0 saturated heterocycles. The average molecular weight is 406 g/mol. The number of nitrogens with one attached hydrogen (secondary N) is 1. The van der Waals surface area contributed by atoms with Crippen LogP contribution in [-0.4, -0.2) is 27.3 Å². The van der Waals surface area contributed by atoms with E-state index in [2.05, 4.69) is 27.4 Å². The number of aryl methyl sites for hydroxylation is 1. The van der Waals surface area contributed by atoms with Crippen LogP contribution < -0.4 is 15.9 Å². The van der Waals surface area contributed by atoms with E-state index in [9.17, 15) is 9.59 Å². The molecule has 0 radical (unpaired) electrons. The molecule has 0 bridgehead atoms. The second-order valence-corrected chi connectivity index (χ2v) is 7.73. The van der Waals surface area contributed by atoms with Crippen LogP contribution in [0.5, 0.6) is 0 Å². The van der Waals surface area contributed by atoms with E-state index in [1.165, 1.54) is 10.2 Å². The van der Waals surface area contributed by atoms with Gasteiger partial charge in [0.05, 0.1) is 11.4 Å². The first-order chi connectivity index (χ1) is 14.6. The lowest BCUT2D eigenvalue weighted by Crippen LogP contribution is -2.30. The first-order valence-electron chi connectivity index (χ1n) is 10.4. The van der Waals surface area contributed by atoms with Gasteiger partial charge in [-0.3, -0.25) is 9.36 Å². The summed E-state index contributed by atoms with van der Waals surface area (Å²) in [6.45, 7) is 1.32. The molecular weight excluding hydrogens is 378 g/mol. The number of amides is 1. The molecule has 0 spiro atoms. The van der Waals surface area contributed by atoms with E-state index in [4.69, 9.17) is 0 Å². The number of hydrogen-bond donors (Lipinski definition) is 1. The van der Waals surface area contributed by atoms with E-state index < -0.39 is 0 Å². The maximum absolute atomic E-state index is 12.7. The fourth-order valence-corrected chi connectivity index (χ4v) is 3.91. The summed E-state index contributed by atoms with van der Waals surface area (Å²) >= 11 is 0. The van der Waals surface area contributed by atoms with E-state index in [0.29, 0.717) is 6.54 Å². The molecule has 2 heterocycles. The predicted octanol–water partition coefficient (Wildman–Crippen LogP) is 3.05. The van der Waals surface area contributed by atoms with Gasteiger partial charge in [0.25, 0.3) is 0 Å². The zero-order chi connectivity index (χ0) is 20.9. The summed E-state index contributed by atoms with van der Waals surface area (Å²) in [5.74, 6) is 0.527. The maximum atomic E-state index is 12.7. The lowest BCUT2D eigenvalue weighted by atomic mass is 10.2. The van der Waals surface area contributed by atoms with Crippen molar-refractivity contribution in [1.82, 2.24) is 14.3 Å². The Kier molecular flexibility index (Phi) is 5.97. The van der Waals surface area contributed by atoms with Crippen LogP contribution in [0, 0.1) is 0 Å². The summed E-state index contributed by atoms with van der Waals surface area (Å²) in [5, 5.41) is 7.36. The van der Waals surface area contributed by atoms with Crippen molar-refractivity contribution in [2.45, 2.75) is 45.3 Å². The normalized spacial score (nSPS) is 13.4. The zero-order valence-electron chi connectivity index (χ0n) is 17.3. The Bertz CT molecular complexity index is 1070. The first-order valence-corrected chi connectivity index (χ1v) is 10.4. The van der Waals surface area contributed by atoms with Crippen LogP contribution in [0.4, 0.5) is 11.4 Å². The molecule has 1 aliphatic heterocycles. The molecule has 0 aliphatic carbocycles. The monoisotopic (exact) mass is 405 g/mol. The van der Waals surface area contributed by atoms with Crippen LogP contribution in [-0.2, 0) is 30.8 Å². The SMILES string of the molecule is CN(Cc1ccccc1)c1ccccc1NC(=O)Cn1nc2n(c1=O)CCCCC2. The standard InChI is InChI=1S/C23H27N5O2/c1-26(16-18-10-4-2-5-11-18)20-13-8-7-12-19(20)24-22(29)17-28-23(30)27-15-9-3-6-14-21(27)25-28/h2,4-5,7-8,10-13H,3,6,9,14-17H2,1H3,(H,24,29). The van der Waals surface area contributed by atoms with Crippen LogP contribution in [0.25, 0.3) is 0 Å².